The number of hydrogen-bond donors (Lipinski definition) is 0. The van der Waals surface area contributed by atoms with Crippen molar-refractivity contribution in [3.05, 3.63) is 187 Å². The molecule has 3 heteroatoms. The van der Waals surface area contributed by atoms with Crippen LogP contribution >= 0.6 is 0 Å². The highest BCUT2D eigenvalue weighted by atomic mass is 16.3. The van der Waals surface area contributed by atoms with E-state index in [1.54, 1.807) is 0 Å². The second kappa shape index (κ2) is 11.6. The fourth-order valence-electron chi connectivity index (χ4n) is 8.86. The van der Waals surface area contributed by atoms with E-state index in [1.165, 1.54) is 22.3 Å². The molecule has 1 aliphatic carbocycles. The second-order valence-electron chi connectivity index (χ2n) is 14.9. The van der Waals surface area contributed by atoms with E-state index in [0.29, 0.717) is 0 Å². The lowest BCUT2D eigenvalue weighted by Gasteiger charge is -2.29. The third kappa shape index (κ3) is 4.48. The Labute approximate surface area is 313 Å². The van der Waals surface area contributed by atoms with E-state index < -0.39 is 0 Å². The molecule has 2 heterocycles. The van der Waals surface area contributed by atoms with Gasteiger partial charge >= 0.3 is 0 Å². The van der Waals surface area contributed by atoms with Crippen LogP contribution in [0.4, 0.5) is 17.1 Å². The molecule has 0 saturated heterocycles. The number of benzene rings is 8. The minimum Gasteiger partial charge on any atom is -0.455 e. The van der Waals surface area contributed by atoms with Crippen LogP contribution < -0.4 is 4.90 Å². The smallest absolute Gasteiger partial charge is 0.159 e. The van der Waals surface area contributed by atoms with E-state index in [-0.39, 0.29) is 5.41 Å². The van der Waals surface area contributed by atoms with E-state index in [0.717, 1.165) is 83.2 Å². The van der Waals surface area contributed by atoms with Crippen molar-refractivity contribution in [3.63, 3.8) is 0 Å². The van der Waals surface area contributed by atoms with Crippen molar-refractivity contribution < 1.29 is 8.83 Å². The molecule has 0 spiro atoms. The zero-order chi connectivity index (χ0) is 36.0. The molecular weight excluding hydrogens is 659 g/mol. The Hall–Kier alpha value is -6.84. The van der Waals surface area contributed by atoms with Gasteiger partial charge in [0.15, 0.2) is 5.58 Å². The predicted molar refractivity (Wildman–Crippen MR) is 224 cm³/mol. The Morgan fingerprint density at radius 2 is 0.926 bits per heavy atom. The third-order valence-electron chi connectivity index (χ3n) is 11.5. The Morgan fingerprint density at radius 1 is 0.389 bits per heavy atom. The predicted octanol–water partition coefficient (Wildman–Crippen LogP) is 14.6. The lowest BCUT2D eigenvalue weighted by atomic mass is 9.82. The average molecular weight is 694 g/mol. The maximum atomic E-state index is 7.00. The van der Waals surface area contributed by atoms with Gasteiger partial charge in [-0.1, -0.05) is 153 Å². The molecule has 0 bridgehead atoms. The molecule has 0 aliphatic heterocycles. The van der Waals surface area contributed by atoms with Crippen LogP contribution in [0.5, 0.6) is 0 Å². The SMILES string of the molecule is CC1(C)c2ccccc2-c2ccc(N(c3ccccc3-c3ccccc3)c3cccc4c3oc3cc5c(cc34)oc3c(-c4ccccc4)cccc35)cc21. The lowest BCUT2D eigenvalue weighted by molar-refractivity contribution is 0.660. The van der Waals surface area contributed by atoms with Gasteiger partial charge in [-0.2, -0.15) is 0 Å². The molecule has 0 fully saturated rings. The number of nitrogens with zero attached hydrogens (tertiary/aromatic N) is 1. The van der Waals surface area contributed by atoms with Crippen LogP contribution in [0.1, 0.15) is 25.0 Å². The van der Waals surface area contributed by atoms with Crippen molar-refractivity contribution in [2.45, 2.75) is 19.3 Å². The fraction of sp³-hybridized carbons (Fsp3) is 0.0588. The second-order valence-corrected chi connectivity index (χ2v) is 14.9. The first-order chi connectivity index (χ1) is 26.5. The molecule has 1 aliphatic rings. The first kappa shape index (κ1) is 30.8. The van der Waals surface area contributed by atoms with Crippen LogP contribution in [0.15, 0.2) is 185 Å². The molecule has 0 radical (unpaired) electrons. The lowest BCUT2D eigenvalue weighted by Crippen LogP contribution is -2.17. The molecule has 54 heavy (non-hydrogen) atoms. The first-order valence-electron chi connectivity index (χ1n) is 18.6. The Morgan fingerprint density at radius 3 is 1.67 bits per heavy atom. The van der Waals surface area contributed by atoms with Gasteiger partial charge in [-0.25, -0.2) is 0 Å². The summed E-state index contributed by atoms with van der Waals surface area (Å²) >= 11 is 0. The minimum absolute atomic E-state index is 0.144. The summed E-state index contributed by atoms with van der Waals surface area (Å²) in [7, 11) is 0. The zero-order valence-corrected chi connectivity index (χ0v) is 30.0. The molecule has 0 unspecified atom stereocenters. The van der Waals surface area contributed by atoms with Crippen molar-refractivity contribution in [2.75, 3.05) is 4.90 Å². The largest absolute Gasteiger partial charge is 0.455 e. The van der Waals surface area contributed by atoms with Crippen molar-refractivity contribution >= 4 is 60.9 Å². The molecule has 0 N–H and O–H groups in total. The van der Waals surface area contributed by atoms with Gasteiger partial charge in [0.2, 0.25) is 0 Å². The van der Waals surface area contributed by atoms with Crippen molar-refractivity contribution in [1.29, 1.82) is 0 Å². The number of para-hydroxylation sites is 3. The highest BCUT2D eigenvalue weighted by Crippen LogP contribution is 2.52. The maximum Gasteiger partial charge on any atom is 0.159 e. The van der Waals surface area contributed by atoms with Gasteiger partial charge in [0.05, 0.1) is 11.4 Å². The number of fused-ring (bicyclic) bond motifs is 9. The van der Waals surface area contributed by atoms with E-state index >= 15 is 0 Å². The van der Waals surface area contributed by atoms with Crippen LogP contribution in [0.2, 0.25) is 0 Å². The van der Waals surface area contributed by atoms with E-state index in [1.807, 2.05) is 6.07 Å². The highest BCUT2D eigenvalue weighted by molar-refractivity contribution is 6.18. The Balaban J connectivity index is 1.15. The van der Waals surface area contributed by atoms with Crippen molar-refractivity contribution in [2.24, 2.45) is 0 Å². The fourth-order valence-corrected chi connectivity index (χ4v) is 8.86. The Kier molecular flexibility index (Phi) is 6.60. The monoisotopic (exact) mass is 693 g/mol. The molecule has 0 amide bonds. The topological polar surface area (TPSA) is 29.5 Å². The van der Waals surface area contributed by atoms with Gasteiger partial charge < -0.3 is 13.7 Å². The normalized spacial score (nSPS) is 13.1. The number of hydrogen-bond acceptors (Lipinski definition) is 3. The summed E-state index contributed by atoms with van der Waals surface area (Å²) in [5.41, 5.74) is 16.2. The molecule has 3 nitrogen and oxygen atoms in total. The molecule has 11 rings (SSSR count). The zero-order valence-electron chi connectivity index (χ0n) is 30.0. The van der Waals surface area contributed by atoms with Gasteiger partial charge in [-0.15, -0.1) is 0 Å². The molecule has 8 aromatic carbocycles. The molecule has 0 saturated carbocycles. The minimum atomic E-state index is -0.144. The number of rotatable bonds is 5. The average Bonchev–Trinajstić information content (AvgIpc) is 3.85. The summed E-state index contributed by atoms with van der Waals surface area (Å²) in [5, 5.41) is 4.20. The Bertz CT molecular complexity index is 3080. The first-order valence-corrected chi connectivity index (χ1v) is 18.6. The molecule has 0 atom stereocenters. The summed E-state index contributed by atoms with van der Waals surface area (Å²) < 4.78 is 13.7. The van der Waals surface area contributed by atoms with E-state index in [4.69, 9.17) is 8.83 Å². The van der Waals surface area contributed by atoms with Crippen LogP contribution in [0, 0.1) is 0 Å². The summed E-state index contributed by atoms with van der Waals surface area (Å²) in [4.78, 5) is 2.39. The van der Waals surface area contributed by atoms with Gasteiger partial charge in [-0.3, -0.25) is 0 Å². The maximum absolute atomic E-state index is 7.00. The van der Waals surface area contributed by atoms with Crippen molar-refractivity contribution in [3.8, 4) is 33.4 Å². The van der Waals surface area contributed by atoms with Gasteiger partial charge in [0, 0.05) is 43.8 Å². The van der Waals surface area contributed by atoms with E-state index in [9.17, 15) is 0 Å². The molecule has 256 valence electrons. The van der Waals surface area contributed by atoms with Crippen LogP contribution in [-0.2, 0) is 5.41 Å². The highest BCUT2D eigenvalue weighted by Gasteiger charge is 2.36. The third-order valence-corrected chi connectivity index (χ3v) is 11.5. The van der Waals surface area contributed by atoms with Crippen molar-refractivity contribution in [1.82, 2.24) is 0 Å². The standard InChI is InChI=1S/C51H35NO2/c1-51(2)43-24-11-9-20-37(43)38-28-27-34(29-44(38)51)52(45-25-12-10-19-35(45)32-15-5-3-6-16-32)46-26-14-23-40-42-31-47-41(30-48(42)54-50(40)46)39-22-13-21-36(49(39)53-47)33-17-7-4-8-18-33/h3-31H,1-2H3. The van der Waals surface area contributed by atoms with Crippen LogP contribution in [0.25, 0.3) is 77.3 Å². The van der Waals surface area contributed by atoms with Crippen LogP contribution in [0.3, 0.4) is 0 Å². The van der Waals surface area contributed by atoms with E-state index in [2.05, 4.69) is 189 Å². The number of anilines is 3. The molecule has 2 aromatic heterocycles. The quantitative estimate of drug-likeness (QED) is 0.180. The molecule has 10 aromatic rings. The number of furan rings is 2. The van der Waals surface area contributed by atoms with Crippen LogP contribution in [-0.4, -0.2) is 0 Å². The summed E-state index contributed by atoms with van der Waals surface area (Å²) in [6.07, 6.45) is 0. The van der Waals surface area contributed by atoms with Gasteiger partial charge in [0.1, 0.15) is 16.7 Å². The summed E-state index contributed by atoms with van der Waals surface area (Å²) in [6, 6.07) is 62.8. The van der Waals surface area contributed by atoms with Gasteiger partial charge in [0.25, 0.3) is 0 Å². The summed E-state index contributed by atoms with van der Waals surface area (Å²) in [5.74, 6) is 0. The molecular formula is C51H35NO2. The van der Waals surface area contributed by atoms with Gasteiger partial charge in [-0.05, 0) is 69.8 Å². The summed E-state index contributed by atoms with van der Waals surface area (Å²) in [6.45, 7) is 4.68.